The molecule has 0 unspecified atom stereocenters. The zero-order valence-corrected chi connectivity index (χ0v) is 19.3. The van der Waals surface area contributed by atoms with Crippen LogP contribution in [0.15, 0.2) is 72.9 Å². The molecule has 4 rings (SSSR count). The van der Waals surface area contributed by atoms with Gasteiger partial charge in [0.05, 0.1) is 17.1 Å². The van der Waals surface area contributed by atoms with E-state index >= 15 is 0 Å². The predicted molar refractivity (Wildman–Crippen MR) is 130 cm³/mol. The van der Waals surface area contributed by atoms with Crippen molar-refractivity contribution in [2.45, 2.75) is 13.5 Å². The summed E-state index contributed by atoms with van der Waals surface area (Å²) < 4.78 is 32.9. The lowest BCUT2D eigenvalue weighted by Crippen LogP contribution is -2.15. The van der Waals surface area contributed by atoms with Crippen molar-refractivity contribution < 1.29 is 13.2 Å². The molecule has 3 N–H and O–H groups in total. The van der Waals surface area contributed by atoms with Gasteiger partial charge in [0.2, 0.25) is 10.0 Å². The number of halogens is 1. The summed E-state index contributed by atoms with van der Waals surface area (Å²) in [6.07, 6.45) is 1.69. The summed E-state index contributed by atoms with van der Waals surface area (Å²) in [5.74, 6) is 1.61. The van der Waals surface area contributed by atoms with E-state index < -0.39 is 10.0 Å². The molecule has 8 nitrogen and oxygen atoms in total. The van der Waals surface area contributed by atoms with Crippen molar-refractivity contribution in [1.82, 2.24) is 15.2 Å². The average molecular weight is 484 g/mol. The molecule has 33 heavy (non-hydrogen) atoms. The molecule has 4 aromatic rings. The van der Waals surface area contributed by atoms with Crippen molar-refractivity contribution >= 4 is 38.9 Å². The van der Waals surface area contributed by atoms with Gasteiger partial charge in [-0.2, -0.15) is 5.10 Å². The smallest absolute Gasteiger partial charge is 0.232 e. The molecule has 0 radical (unpaired) electrons. The van der Waals surface area contributed by atoms with E-state index in [0.29, 0.717) is 28.1 Å². The monoisotopic (exact) mass is 483 g/mol. The van der Waals surface area contributed by atoms with Gasteiger partial charge in [0.25, 0.3) is 0 Å². The lowest BCUT2D eigenvalue weighted by molar-refractivity contribution is 0.308. The minimum Gasteiger partial charge on any atom is -0.487 e. The second-order valence-corrected chi connectivity index (χ2v) is 9.59. The normalized spacial score (nSPS) is 11.2. The fraction of sp³-hybridized carbons (Fsp3) is 0.130. The Balaban J connectivity index is 1.60. The van der Waals surface area contributed by atoms with Crippen LogP contribution in [0.4, 0.5) is 17.3 Å². The molecule has 0 spiro atoms. The Labute approximate surface area is 197 Å². The van der Waals surface area contributed by atoms with Gasteiger partial charge in [0, 0.05) is 22.8 Å². The predicted octanol–water partition coefficient (Wildman–Crippen LogP) is 5.21. The number of ether oxygens (including phenoxy) is 1. The molecule has 0 aliphatic heterocycles. The number of aromatic amines is 1. The fourth-order valence-corrected chi connectivity index (χ4v) is 3.88. The highest BCUT2D eigenvalue weighted by atomic mass is 35.5. The number of anilines is 3. The van der Waals surface area contributed by atoms with Crippen molar-refractivity contribution in [2.24, 2.45) is 0 Å². The maximum atomic E-state index is 12.2. The third-order valence-electron chi connectivity index (χ3n) is 4.72. The van der Waals surface area contributed by atoms with Crippen molar-refractivity contribution in [2.75, 3.05) is 15.8 Å². The van der Waals surface area contributed by atoms with E-state index in [9.17, 15) is 8.42 Å². The first-order chi connectivity index (χ1) is 15.9. The maximum Gasteiger partial charge on any atom is 0.232 e. The maximum absolute atomic E-state index is 12.2. The third-order valence-corrected chi connectivity index (χ3v) is 6.25. The molecule has 0 atom stereocenters. The molecule has 170 valence electrons. The number of sulfonamides is 1. The number of hydrogen-bond donors (Lipinski definition) is 3. The Hall–Kier alpha value is -3.56. The minimum absolute atomic E-state index is 0.0500. The van der Waals surface area contributed by atoms with Crippen LogP contribution in [0.3, 0.4) is 0 Å². The number of nitrogens with one attached hydrogen (secondary N) is 3. The first-order valence-corrected chi connectivity index (χ1v) is 12.2. The quantitative estimate of drug-likeness (QED) is 0.301. The molecule has 2 heterocycles. The SMILES string of the molecule is CCS(=O)(=O)Nc1ccc(-c2cc(Nc3ccccn3)n[nH]2)cc1OCc1cccc(Cl)c1. The van der Waals surface area contributed by atoms with Crippen LogP contribution in [0.25, 0.3) is 11.3 Å². The summed E-state index contributed by atoms with van der Waals surface area (Å²) in [7, 11) is -3.48. The van der Waals surface area contributed by atoms with Crippen LogP contribution in [-0.2, 0) is 16.6 Å². The number of aromatic nitrogens is 3. The lowest BCUT2D eigenvalue weighted by atomic mass is 10.1. The number of nitrogens with zero attached hydrogens (tertiary/aromatic N) is 2. The molecule has 0 saturated carbocycles. The molecule has 0 fully saturated rings. The Morgan fingerprint density at radius 1 is 1.03 bits per heavy atom. The number of H-pyrrole nitrogens is 1. The van der Waals surface area contributed by atoms with E-state index in [-0.39, 0.29) is 12.4 Å². The summed E-state index contributed by atoms with van der Waals surface area (Å²) in [4.78, 5) is 4.22. The van der Waals surface area contributed by atoms with Crippen LogP contribution in [0.1, 0.15) is 12.5 Å². The first-order valence-electron chi connectivity index (χ1n) is 10.2. The largest absolute Gasteiger partial charge is 0.487 e. The Morgan fingerprint density at radius 3 is 2.67 bits per heavy atom. The molecule has 2 aromatic heterocycles. The van der Waals surface area contributed by atoms with E-state index in [4.69, 9.17) is 16.3 Å². The summed E-state index contributed by atoms with van der Waals surface area (Å²) in [5, 5.41) is 11.0. The molecule has 0 aliphatic rings. The second kappa shape index (κ2) is 9.93. The van der Waals surface area contributed by atoms with Crippen molar-refractivity contribution in [3.05, 3.63) is 83.5 Å². The van der Waals surface area contributed by atoms with Crippen LogP contribution < -0.4 is 14.8 Å². The molecular weight excluding hydrogens is 462 g/mol. The summed E-state index contributed by atoms with van der Waals surface area (Å²) >= 11 is 6.06. The van der Waals surface area contributed by atoms with Crippen LogP contribution in [-0.4, -0.2) is 29.4 Å². The van der Waals surface area contributed by atoms with Gasteiger partial charge in [-0.15, -0.1) is 0 Å². The highest BCUT2D eigenvalue weighted by Gasteiger charge is 2.14. The fourth-order valence-electron chi connectivity index (χ4n) is 3.02. The number of pyridine rings is 1. The van der Waals surface area contributed by atoms with Crippen LogP contribution >= 0.6 is 11.6 Å². The van der Waals surface area contributed by atoms with Gasteiger partial charge in [-0.1, -0.05) is 35.9 Å². The van der Waals surface area contributed by atoms with Gasteiger partial charge in [-0.3, -0.25) is 9.82 Å². The van der Waals surface area contributed by atoms with Gasteiger partial charge >= 0.3 is 0 Å². The van der Waals surface area contributed by atoms with Crippen molar-refractivity contribution in [1.29, 1.82) is 0 Å². The Kier molecular flexibility index (Phi) is 6.81. The van der Waals surface area contributed by atoms with E-state index in [0.717, 1.165) is 16.8 Å². The highest BCUT2D eigenvalue weighted by Crippen LogP contribution is 2.32. The second-order valence-electron chi connectivity index (χ2n) is 7.14. The Morgan fingerprint density at radius 2 is 1.91 bits per heavy atom. The highest BCUT2D eigenvalue weighted by molar-refractivity contribution is 7.92. The summed E-state index contributed by atoms with van der Waals surface area (Å²) in [6, 6.07) is 19.9. The zero-order chi connectivity index (χ0) is 23.3. The van der Waals surface area contributed by atoms with Gasteiger partial charge < -0.3 is 10.1 Å². The minimum atomic E-state index is -3.48. The zero-order valence-electron chi connectivity index (χ0n) is 17.7. The van der Waals surface area contributed by atoms with Crippen molar-refractivity contribution in [3.63, 3.8) is 0 Å². The standard InChI is InChI=1S/C23H22ClN5O3S/c1-2-33(30,31)29-19-10-9-17(13-21(19)32-15-16-6-5-7-18(24)12-16)20-14-23(28-27-20)26-22-8-3-4-11-25-22/h3-14,29H,2,15H2,1H3,(H2,25,26,27,28). The van der Waals surface area contributed by atoms with Crippen LogP contribution in [0, 0.1) is 0 Å². The number of hydrogen-bond acceptors (Lipinski definition) is 6. The summed E-state index contributed by atoms with van der Waals surface area (Å²) in [5.41, 5.74) is 2.72. The average Bonchev–Trinajstić information content (AvgIpc) is 3.27. The topological polar surface area (TPSA) is 109 Å². The third kappa shape index (κ3) is 6.03. The van der Waals surface area contributed by atoms with Gasteiger partial charge in [0.1, 0.15) is 18.2 Å². The van der Waals surface area contributed by atoms with E-state index in [1.807, 2.05) is 36.4 Å². The molecular formula is C23H22ClN5O3S. The molecule has 0 aliphatic carbocycles. The van der Waals surface area contributed by atoms with E-state index in [2.05, 4.69) is 25.2 Å². The van der Waals surface area contributed by atoms with E-state index in [1.54, 1.807) is 43.5 Å². The summed E-state index contributed by atoms with van der Waals surface area (Å²) in [6.45, 7) is 1.80. The molecule has 0 bridgehead atoms. The van der Waals surface area contributed by atoms with Gasteiger partial charge in [0.15, 0.2) is 5.82 Å². The van der Waals surface area contributed by atoms with Crippen LogP contribution in [0.5, 0.6) is 5.75 Å². The van der Waals surface area contributed by atoms with Gasteiger partial charge in [-0.25, -0.2) is 13.4 Å². The molecule has 2 aromatic carbocycles. The van der Waals surface area contributed by atoms with Gasteiger partial charge in [-0.05, 0) is 48.9 Å². The molecule has 10 heteroatoms. The van der Waals surface area contributed by atoms with E-state index in [1.165, 1.54) is 0 Å². The lowest BCUT2D eigenvalue weighted by Gasteiger charge is -2.14. The van der Waals surface area contributed by atoms with Crippen molar-refractivity contribution in [3.8, 4) is 17.0 Å². The molecule has 0 saturated heterocycles. The molecule has 0 amide bonds. The first kappa shape index (κ1) is 22.6. The Bertz CT molecular complexity index is 1340. The number of benzene rings is 2. The number of rotatable bonds is 9. The van der Waals surface area contributed by atoms with Crippen LogP contribution in [0.2, 0.25) is 5.02 Å².